The van der Waals surface area contributed by atoms with Gasteiger partial charge in [-0.2, -0.15) is 0 Å². The average Bonchev–Trinajstić information content (AvgIpc) is 2.65. The Morgan fingerprint density at radius 2 is 2.00 bits per heavy atom. The minimum atomic E-state index is -0.152. The Hall–Kier alpha value is -2.11. The molecule has 1 saturated heterocycles. The molecular formula is C19H23ClN4O. The molecule has 25 heavy (non-hydrogen) atoms. The smallest absolute Gasteiger partial charge is 0.255 e. The lowest BCUT2D eigenvalue weighted by Crippen LogP contribution is -2.46. The number of benzene rings is 1. The van der Waals surface area contributed by atoms with E-state index in [1.54, 1.807) is 12.3 Å². The van der Waals surface area contributed by atoms with E-state index < -0.39 is 0 Å². The highest BCUT2D eigenvalue weighted by molar-refractivity contribution is 6.31. The van der Waals surface area contributed by atoms with E-state index in [1.807, 2.05) is 31.2 Å². The summed E-state index contributed by atoms with van der Waals surface area (Å²) in [5.41, 5.74) is 2.19. The molecule has 5 nitrogen and oxygen atoms in total. The third kappa shape index (κ3) is 4.11. The van der Waals surface area contributed by atoms with Crippen LogP contribution in [0.4, 0.5) is 11.5 Å². The van der Waals surface area contributed by atoms with Crippen molar-refractivity contribution in [3.8, 4) is 0 Å². The Labute approximate surface area is 153 Å². The molecule has 132 valence electrons. The number of pyridine rings is 1. The van der Waals surface area contributed by atoms with Crippen LogP contribution < -0.4 is 10.2 Å². The number of aromatic nitrogens is 1. The molecule has 1 aromatic heterocycles. The van der Waals surface area contributed by atoms with E-state index in [-0.39, 0.29) is 5.91 Å². The lowest BCUT2D eigenvalue weighted by molar-refractivity contribution is 0.102. The number of piperazine rings is 1. The van der Waals surface area contributed by atoms with Crippen LogP contribution in [0.25, 0.3) is 0 Å². The van der Waals surface area contributed by atoms with Crippen molar-refractivity contribution in [1.29, 1.82) is 0 Å². The molecule has 1 fully saturated rings. The van der Waals surface area contributed by atoms with Crippen LogP contribution >= 0.6 is 11.6 Å². The van der Waals surface area contributed by atoms with Crippen LogP contribution in [-0.2, 0) is 0 Å². The van der Waals surface area contributed by atoms with Gasteiger partial charge in [0.15, 0.2) is 0 Å². The predicted octanol–water partition coefficient (Wildman–Crippen LogP) is 3.44. The largest absolute Gasteiger partial charge is 0.354 e. The molecule has 6 heteroatoms. The number of rotatable bonds is 4. The number of hydrogen-bond acceptors (Lipinski definition) is 4. The minimum absolute atomic E-state index is 0.152. The molecule has 0 bridgehead atoms. The molecule has 0 atom stereocenters. The first-order valence-electron chi connectivity index (χ1n) is 8.58. The first-order valence-corrected chi connectivity index (χ1v) is 8.96. The van der Waals surface area contributed by atoms with Gasteiger partial charge < -0.3 is 15.1 Å². The van der Waals surface area contributed by atoms with Crippen LogP contribution in [0, 0.1) is 6.92 Å². The summed E-state index contributed by atoms with van der Waals surface area (Å²) >= 11 is 6.12. The molecule has 1 amide bonds. The van der Waals surface area contributed by atoms with E-state index >= 15 is 0 Å². The van der Waals surface area contributed by atoms with E-state index in [1.165, 1.54) is 0 Å². The molecule has 2 aromatic rings. The second-order valence-electron chi connectivity index (χ2n) is 6.19. The summed E-state index contributed by atoms with van der Waals surface area (Å²) in [7, 11) is 0. The molecule has 0 radical (unpaired) electrons. The number of hydrogen-bond donors (Lipinski definition) is 1. The van der Waals surface area contributed by atoms with Crippen molar-refractivity contribution in [2.45, 2.75) is 13.8 Å². The van der Waals surface area contributed by atoms with Gasteiger partial charge in [0.25, 0.3) is 5.91 Å². The molecule has 0 unspecified atom stereocenters. The predicted molar refractivity (Wildman–Crippen MR) is 103 cm³/mol. The summed E-state index contributed by atoms with van der Waals surface area (Å²) in [6.45, 7) is 9.05. The molecule has 1 N–H and O–H groups in total. The zero-order valence-corrected chi connectivity index (χ0v) is 15.4. The van der Waals surface area contributed by atoms with Crippen LogP contribution in [-0.4, -0.2) is 48.5 Å². The normalized spacial score (nSPS) is 15.2. The summed E-state index contributed by atoms with van der Waals surface area (Å²) in [6, 6.07) is 9.09. The molecule has 3 rings (SSSR count). The Morgan fingerprint density at radius 1 is 1.24 bits per heavy atom. The van der Waals surface area contributed by atoms with Gasteiger partial charge in [-0.1, -0.05) is 24.6 Å². The molecular weight excluding hydrogens is 336 g/mol. The maximum absolute atomic E-state index is 12.6. The molecule has 2 heterocycles. The van der Waals surface area contributed by atoms with E-state index in [2.05, 4.69) is 27.0 Å². The zero-order chi connectivity index (χ0) is 17.8. The van der Waals surface area contributed by atoms with Crippen molar-refractivity contribution in [3.63, 3.8) is 0 Å². The SMILES string of the molecule is CCN1CCN(c2cc(C(=O)Nc3cccc(Cl)c3C)ccn2)CC1. The molecule has 0 spiro atoms. The van der Waals surface area contributed by atoms with Gasteiger partial charge in [-0.25, -0.2) is 4.98 Å². The number of anilines is 2. The summed E-state index contributed by atoms with van der Waals surface area (Å²) < 4.78 is 0. The van der Waals surface area contributed by atoms with Crippen LogP contribution in [0.15, 0.2) is 36.5 Å². The first-order chi connectivity index (χ1) is 12.1. The van der Waals surface area contributed by atoms with Crippen LogP contribution in [0.5, 0.6) is 0 Å². The van der Waals surface area contributed by atoms with Crippen LogP contribution in [0.1, 0.15) is 22.8 Å². The number of nitrogens with one attached hydrogen (secondary N) is 1. The van der Waals surface area contributed by atoms with Gasteiger partial charge in [0.05, 0.1) is 0 Å². The van der Waals surface area contributed by atoms with Crippen LogP contribution in [0.2, 0.25) is 5.02 Å². The Balaban J connectivity index is 1.73. The number of carbonyl (C=O) groups is 1. The van der Waals surface area contributed by atoms with E-state index in [4.69, 9.17) is 11.6 Å². The number of amides is 1. The second kappa shape index (κ2) is 7.85. The fourth-order valence-electron chi connectivity index (χ4n) is 2.96. The topological polar surface area (TPSA) is 48.5 Å². The maximum Gasteiger partial charge on any atom is 0.255 e. The molecule has 1 aliphatic heterocycles. The third-order valence-corrected chi connectivity index (χ3v) is 5.08. The third-order valence-electron chi connectivity index (χ3n) is 4.67. The summed E-state index contributed by atoms with van der Waals surface area (Å²) in [5, 5.41) is 3.58. The van der Waals surface area contributed by atoms with E-state index in [0.29, 0.717) is 10.6 Å². The van der Waals surface area contributed by atoms with Crippen molar-refractivity contribution in [2.75, 3.05) is 42.9 Å². The summed E-state index contributed by atoms with van der Waals surface area (Å²) in [5.74, 6) is 0.701. The second-order valence-corrected chi connectivity index (χ2v) is 6.60. The lowest BCUT2D eigenvalue weighted by Gasteiger charge is -2.34. The van der Waals surface area contributed by atoms with Gasteiger partial charge >= 0.3 is 0 Å². The molecule has 0 saturated carbocycles. The fraction of sp³-hybridized carbons (Fsp3) is 0.368. The highest BCUT2D eigenvalue weighted by Gasteiger charge is 2.18. The Kier molecular flexibility index (Phi) is 5.56. The van der Waals surface area contributed by atoms with Gasteiger partial charge in [0.2, 0.25) is 0 Å². The van der Waals surface area contributed by atoms with Crippen molar-refractivity contribution in [3.05, 3.63) is 52.7 Å². The zero-order valence-electron chi connectivity index (χ0n) is 14.6. The molecule has 0 aliphatic carbocycles. The van der Waals surface area contributed by atoms with Crippen LogP contribution in [0.3, 0.4) is 0 Å². The van der Waals surface area contributed by atoms with Gasteiger partial charge in [-0.15, -0.1) is 0 Å². The lowest BCUT2D eigenvalue weighted by atomic mass is 10.1. The van der Waals surface area contributed by atoms with Gasteiger partial charge in [0.1, 0.15) is 5.82 Å². The number of halogens is 1. The highest BCUT2D eigenvalue weighted by atomic mass is 35.5. The van der Waals surface area contributed by atoms with Gasteiger partial charge in [0, 0.05) is 48.6 Å². The molecule has 1 aromatic carbocycles. The summed E-state index contributed by atoms with van der Waals surface area (Å²) in [6.07, 6.45) is 1.70. The number of nitrogens with zero attached hydrogens (tertiary/aromatic N) is 3. The Bertz CT molecular complexity index is 757. The van der Waals surface area contributed by atoms with Crippen molar-refractivity contribution >= 4 is 29.0 Å². The fourth-order valence-corrected chi connectivity index (χ4v) is 3.14. The van der Waals surface area contributed by atoms with E-state index in [9.17, 15) is 4.79 Å². The Morgan fingerprint density at radius 3 is 2.72 bits per heavy atom. The maximum atomic E-state index is 12.6. The number of likely N-dealkylation sites (N-methyl/N-ethyl adjacent to an activating group) is 1. The van der Waals surface area contributed by atoms with Crippen molar-refractivity contribution in [1.82, 2.24) is 9.88 Å². The number of carbonyl (C=O) groups excluding carboxylic acids is 1. The van der Waals surface area contributed by atoms with Gasteiger partial charge in [-0.05, 0) is 43.3 Å². The molecule has 1 aliphatic rings. The first kappa shape index (κ1) is 17.7. The van der Waals surface area contributed by atoms with Gasteiger partial charge in [-0.3, -0.25) is 4.79 Å². The van der Waals surface area contributed by atoms with Crippen molar-refractivity contribution in [2.24, 2.45) is 0 Å². The average molecular weight is 359 g/mol. The van der Waals surface area contributed by atoms with Crippen molar-refractivity contribution < 1.29 is 4.79 Å². The van der Waals surface area contributed by atoms with E-state index in [0.717, 1.165) is 49.8 Å². The standard InChI is InChI=1S/C19H23ClN4O/c1-3-23-9-11-24(12-10-23)18-13-15(7-8-21-18)19(25)22-17-6-4-5-16(20)14(17)2/h4-8,13H,3,9-12H2,1-2H3,(H,22,25). The highest BCUT2D eigenvalue weighted by Crippen LogP contribution is 2.24. The monoisotopic (exact) mass is 358 g/mol. The summed E-state index contributed by atoms with van der Waals surface area (Å²) in [4.78, 5) is 21.7. The minimum Gasteiger partial charge on any atom is -0.354 e. The quantitative estimate of drug-likeness (QED) is 0.909.